The minimum atomic E-state index is -0.0178. The molecule has 1 aromatic carbocycles. The van der Waals surface area contributed by atoms with Gasteiger partial charge in [-0.1, -0.05) is 18.2 Å². The number of benzene rings is 1. The lowest BCUT2D eigenvalue weighted by molar-refractivity contribution is -0.116. The first kappa shape index (κ1) is 12.5. The van der Waals surface area contributed by atoms with E-state index in [1.165, 1.54) is 0 Å². The lowest BCUT2D eigenvalue weighted by Crippen LogP contribution is -2.27. The van der Waals surface area contributed by atoms with Gasteiger partial charge in [-0.2, -0.15) is 0 Å². The van der Waals surface area contributed by atoms with Crippen LogP contribution in [0.5, 0.6) is 0 Å². The Morgan fingerprint density at radius 2 is 2.06 bits per heavy atom. The maximum atomic E-state index is 11.8. The molecule has 4 nitrogen and oxygen atoms in total. The van der Waals surface area contributed by atoms with Crippen molar-refractivity contribution >= 4 is 22.5 Å². The summed E-state index contributed by atoms with van der Waals surface area (Å²) in [5, 5.41) is 3.90. The van der Waals surface area contributed by atoms with Crippen molar-refractivity contribution in [1.82, 2.24) is 9.88 Å². The number of carbonyl (C=O) groups excluding carboxylic acids is 1. The molecule has 0 atom stereocenters. The molecule has 0 saturated heterocycles. The van der Waals surface area contributed by atoms with Gasteiger partial charge < -0.3 is 10.2 Å². The van der Waals surface area contributed by atoms with E-state index in [9.17, 15) is 4.79 Å². The number of para-hydroxylation sites is 1. The summed E-state index contributed by atoms with van der Waals surface area (Å²) in [6.07, 6.45) is 0. The summed E-state index contributed by atoms with van der Waals surface area (Å²) in [7, 11) is 3.74. The SMILES string of the molecule is Cc1cc(NC(=O)CN(C)C)c2ccccc2n1. The zero-order valence-corrected chi connectivity index (χ0v) is 10.9. The van der Waals surface area contributed by atoms with Gasteiger partial charge in [0.1, 0.15) is 0 Å². The van der Waals surface area contributed by atoms with Gasteiger partial charge in [-0.05, 0) is 33.2 Å². The largest absolute Gasteiger partial charge is 0.324 e. The summed E-state index contributed by atoms with van der Waals surface area (Å²) in [6.45, 7) is 2.30. The lowest BCUT2D eigenvalue weighted by atomic mass is 10.1. The molecule has 0 aliphatic rings. The van der Waals surface area contributed by atoms with Crippen LogP contribution < -0.4 is 5.32 Å². The van der Waals surface area contributed by atoms with Gasteiger partial charge in [-0.25, -0.2) is 0 Å². The number of pyridine rings is 1. The van der Waals surface area contributed by atoms with Gasteiger partial charge >= 0.3 is 0 Å². The third-order valence-corrected chi connectivity index (χ3v) is 2.58. The van der Waals surface area contributed by atoms with Gasteiger partial charge in [-0.3, -0.25) is 9.78 Å². The number of amides is 1. The van der Waals surface area contributed by atoms with Gasteiger partial charge in [0.05, 0.1) is 17.7 Å². The van der Waals surface area contributed by atoms with Crippen LogP contribution in [0.3, 0.4) is 0 Å². The molecule has 4 heteroatoms. The van der Waals surface area contributed by atoms with Gasteiger partial charge in [0.25, 0.3) is 0 Å². The summed E-state index contributed by atoms with van der Waals surface area (Å²) >= 11 is 0. The van der Waals surface area contributed by atoms with Crippen LogP contribution in [0, 0.1) is 6.92 Å². The maximum absolute atomic E-state index is 11.8. The molecule has 0 spiro atoms. The quantitative estimate of drug-likeness (QED) is 0.897. The zero-order chi connectivity index (χ0) is 13.1. The number of aryl methyl sites for hydroxylation is 1. The van der Waals surface area contributed by atoms with Crippen molar-refractivity contribution in [2.45, 2.75) is 6.92 Å². The molecule has 0 bridgehead atoms. The monoisotopic (exact) mass is 243 g/mol. The number of hydrogen-bond acceptors (Lipinski definition) is 3. The second-order valence-electron chi connectivity index (χ2n) is 4.61. The van der Waals surface area contributed by atoms with E-state index in [-0.39, 0.29) is 5.91 Å². The molecular weight excluding hydrogens is 226 g/mol. The van der Waals surface area contributed by atoms with E-state index in [2.05, 4.69) is 10.3 Å². The highest BCUT2D eigenvalue weighted by Gasteiger charge is 2.08. The Labute approximate surface area is 107 Å². The lowest BCUT2D eigenvalue weighted by Gasteiger charge is -2.12. The fourth-order valence-corrected chi connectivity index (χ4v) is 1.89. The molecule has 1 heterocycles. The molecule has 1 aromatic heterocycles. The molecule has 1 N–H and O–H groups in total. The first-order valence-electron chi connectivity index (χ1n) is 5.87. The standard InChI is InChI=1S/C14H17N3O/c1-10-8-13(16-14(18)9-17(2)3)11-6-4-5-7-12(11)15-10/h4-8H,9H2,1-3H3,(H,15,16,18). The summed E-state index contributed by atoms with van der Waals surface area (Å²) in [5.74, 6) is -0.0178. The minimum absolute atomic E-state index is 0.0178. The number of aromatic nitrogens is 1. The topological polar surface area (TPSA) is 45.2 Å². The van der Waals surface area contributed by atoms with E-state index in [4.69, 9.17) is 0 Å². The molecule has 0 aliphatic heterocycles. The number of likely N-dealkylation sites (N-methyl/N-ethyl adjacent to an activating group) is 1. The Morgan fingerprint density at radius 3 is 2.78 bits per heavy atom. The number of nitrogens with one attached hydrogen (secondary N) is 1. The number of rotatable bonds is 3. The smallest absolute Gasteiger partial charge is 0.238 e. The molecule has 0 radical (unpaired) electrons. The third-order valence-electron chi connectivity index (χ3n) is 2.58. The summed E-state index contributed by atoms with van der Waals surface area (Å²) in [6, 6.07) is 9.70. The third kappa shape index (κ3) is 2.84. The number of hydrogen-bond donors (Lipinski definition) is 1. The highest BCUT2D eigenvalue weighted by Crippen LogP contribution is 2.22. The van der Waals surface area contributed by atoms with Gasteiger partial charge in [0, 0.05) is 11.1 Å². The van der Waals surface area contributed by atoms with Crippen LogP contribution >= 0.6 is 0 Å². The summed E-state index contributed by atoms with van der Waals surface area (Å²) in [5.41, 5.74) is 2.62. The van der Waals surface area contributed by atoms with Crippen molar-refractivity contribution in [3.8, 4) is 0 Å². The Balaban J connectivity index is 2.35. The second-order valence-corrected chi connectivity index (χ2v) is 4.61. The van der Waals surface area contributed by atoms with Crippen molar-refractivity contribution < 1.29 is 4.79 Å². The number of fused-ring (bicyclic) bond motifs is 1. The molecule has 0 saturated carbocycles. The molecule has 2 aromatic rings. The Hall–Kier alpha value is -1.94. The summed E-state index contributed by atoms with van der Waals surface area (Å²) in [4.78, 5) is 18.1. The molecule has 0 aliphatic carbocycles. The first-order chi connectivity index (χ1) is 8.56. The van der Waals surface area contributed by atoms with Crippen LogP contribution in [0.25, 0.3) is 10.9 Å². The second kappa shape index (κ2) is 5.14. The fraction of sp³-hybridized carbons (Fsp3) is 0.286. The van der Waals surface area contributed by atoms with Crippen molar-refractivity contribution in [2.24, 2.45) is 0 Å². The van der Waals surface area contributed by atoms with E-state index in [1.807, 2.05) is 56.3 Å². The van der Waals surface area contributed by atoms with Gasteiger partial charge in [0.15, 0.2) is 0 Å². The van der Waals surface area contributed by atoms with Crippen molar-refractivity contribution in [3.05, 3.63) is 36.0 Å². The van der Waals surface area contributed by atoms with Crippen molar-refractivity contribution in [3.63, 3.8) is 0 Å². The van der Waals surface area contributed by atoms with Crippen LogP contribution in [0.1, 0.15) is 5.69 Å². The van der Waals surface area contributed by atoms with Gasteiger partial charge in [-0.15, -0.1) is 0 Å². The predicted octanol–water partition coefficient (Wildman–Crippen LogP) is 2.04. The molecule has 0 fully saturated rings. The summed E-state index contributed by atoms with van der Waals surface area (Å²) < 4.78 is 0. The maximum Gasteiger partial charge on any atom is 0.238 e. The van der Waals surface area contributed by atoms with Crippen LogP contribution in [-0.4, -0.2) is 36.4 Å². The van der Waals surface area contributed by atoms with Crippen LogP contribution in [0.2, 0.25) is 0 Å². The van der Waals surface area contributed by atoms with Crippen LogP contribution in [-0.2, 0) is 4.79 Å². The molecule has 2 rings (SSSR count). The number of anilines is 1. The predicted molar refractivity (Wildman–Crippen MR) is 73.7 cm³/mol. The average molecular weight is 243 g/mol. The van der Waals surface area contributed by atoms with Crippen LogP contribution in [0.15, 0.2) is 30.3 Å². The zero-order valence-electron chi connectivity index (χ0n) is 10.9. The Bertz CT molecular complexity index is 578. The molecule has 18 heavy (non-hydrogen) atoms. The fourth-order valence-electron chi connectivity index (χ4n) is 1.89. The molecule has 94 valence electrons. The van der Waals surface area contributed by atoms with Crippen molar-refractivity contribution in [2.75, 3.05) is 26.0 Å². The average Bonchev–Trinajstić information content (AvgIpc) is 2.27. The van der Waals surface area contributed by atoms with Crippen molar-refractivity contribution in [1.29, 1.82) is 0 Å². The van der Waals surface area contributed by atoms with E-state index in [1.54, 1.807) is 0 Å². The van der Waals surface area contributed by atoms with Crippen LogP contribution in [0.4, 0.5) is 5.69 Å². The normalized spacial score (nSPS) is 10.9. The Kier molecular flexibility index (Phi) is 3.58. The number of carbonyl (C=O) groups is 1. The van der Waals surface area contributed by atoms with E-state index in [0.29, 0.717) is 6.54 Å². The number of nitrogens with zero attached hydrogens (tertiary/aromatic N) is 2. The minimum Gasteiger partial charge on any atom is -0.324 e. The first-order valence-corrected chi connectivity index (χ1v) is 5.87. The molecule has 0 unspecified atom stereocenters. The highest BCUT2D eigenvalue weighted by atomic mass is 16.2. The Morgan fingerprint density at radius 1 is 1.33 bits per heavy atom. The highest BCUT2D eigenvalue weighted by molar-refractivity contribution is 6.01. The van der Waals surface area contributed by atoms with E-state index < -0.39 is 0 Å². The van der Waals surface area contributed by atoms with E-state index in [0.717, 1.165) is 22.3 Å². The van der Waals surface area contributed by atoms with E-state index >= 15 is 0 Å². The molecule has 1 amide bonds. The van der Waals surface area contributed by atoms with Gasteiger partial charge in [0.2, 0.25) is 5.91 Å². The molecular formula is C14H17N3O.